The van der Waals surface area contributed by atoms with Gasteiger partial charge in [-0.25, -0.2) is 0 Å². The van der Waals surface area contributed by atoms with Crippen molar-refractivity contribution < 1.29 is 14.6 Å². The third-order valence-electron chi connectivity index (χ3n) is 2.15. The SMILES string of the molecule is C/C=C\CC(O)COc1ccc(OC)cc1. The Hall–Kier alpha value is -1.48. The number of allylic oxidation sites excluding steroid dienone is 1. The maximum atomic E-state index is 9.54. The lowest BCUT2D eigenvalue weighted by atomic mass is 10.2. The van der Waals surface area contributed by atoms with Gasteiger partial charge in [-0.3, -0.25) is 0 Å². The zero-order valence-electron chi connectivity index (χ0n) is 9.72. The van der Waals surface area contributed by atoms with Gasteiger partial charge in [-0.05, 0) is 37.6 Å². The van der Waals surface area contributed by atoms with Crippen LogP contribution in [0.5, 0.6) is 11.5 Å². The molecule has 0 amide bonds. The van der Waals surface area contributed by atoms with E-state index >= 15 is 0 Å². The monoisotopic (exact) mass is 222 g/mol. The Morgan fingerprint density at radius 3 is 2.44 bits per heavy atom. The molecule has 0 radical (unpaired) electrons. The van der Waals surface area contributed by atoms with Crippen molar-refractivity contribution in [3.05, 3.63) is 36.4 Å². The zero-order valence-corrected chi connectivity index (χ0v) is 9.72. The Labute approximate surface area is 96.3 Å². The third kappa shape index (κ3) is 4.36. The van der Waals surface area contributed by atoms with Crippen LogP contribution in [0.15, 0.2) is 36.4 Å². The molecule has 0 spiro atoms. The molecule has 0 heterocycles. The number of rotatable bonds is 6. The summed E-state index contributed by atoms with van der Waals surface area (Å²) in [6.45, 7) is 2.23. The molecule has 1 N–H and O–H groups in total. The van der Waals surface area contributed by atoms with Crippen molar-refractivity contribution in [1.82, 2.24) is 0 Å². The predicted octanol–water partition coefficient (Wildman–Crippen LogP) is 2.40. The lowest BCUT2D eigenvalue weighted by Crippen LogP contribution is -2.16. The van der Waals surface area contributed by atoms with E-state index in [1.54, 1.807) is 7.11 Å². The molecular weight excluding hydrogens is 204 g/mol. The summed E-state index contributed by atoms with van der Waals surface area (Å²) in [5.41, 5.74) is 0. The van der Waals surface area contributed by atoms with Gasteiger partial charge in [0.25, 0.3) is 0 Å². The van der Waals surface area contributed by atoms with Gasteiger partial charge in [0.2, 0.25) is 0 Å². The highest BCUT2D eigenvalue weighted by Crippen LogP contribution is 2.17. The molecule has 0 aromatic heterocycles. The van der Waals surface area contributed by atoms with Gasteiger partial charge in [0, 0.05) is 0 Å². The molecule has 0 fully saturated rings. The molecular formula is C13H18O3. The van der Waals surface area contributed by atoms with E-state index in [-0.39, 0.29) is 0 Å². The van der Waals surface area contributed by atoms with Gasteiger partial charge >= 0.3 is 0 Å². The van der Waals surface area contributed by atoms with Gasteiger partial charge in [-0.15, -0.1) is 0 Å². The molecule has 1 unspecified atom stereocenters. The predicted molar refractivity (Wildman–Crippen MR) is 63.9 cm³/mol. The largest absolute Gasteiger partial charge is 0.497 e. The maximum absolute atomic E-state index is 9.54. The number of hydrogen-bond donors (Lipinski definition) is 1. The molecule has 1 rings (SSSR count). The van der Waals surface area contributed by atoms with Crippen molar-refractivity contribution in [2.24, 2.45) is 0 Å². The van der Waals surface area contributed by atoms with E-state index in [9.17, 15) is 5.11 Å². The quantitative estimate of drug-likeness (QED) is 0.751. The summed E-state index contributed by atoms with van der Waals surface area (Å²) in [5.74, 6) is 1.53. The summed E-state index contributed by atoms with van der Waals surface area (Å²) in [4.78, 5) is 0. The first-order valence-electron chi connectivity index (χ1n) is 5.32. The second-order valence-corrected chi connectivity index (χ2v) is 3.45. The molecule has 0 aliphatic heterocycles. The summed E-state index contributed by atoms with van der Waals surface area (Å²) in [6, 6.07) is 7.30. The molecule has 0 saturated carbocycles. The standard InChI is InChI=1S/C13H18O3/c1-3-4-5-11(14)10-16-13-8-6-12(15-2)7-9-13/h3-4,6-9,11,14H,5,10H2,1-2H3/b4-3-. The topological polar surface area (TPSA) is 38.7 Å². The highest BCUT2D eigenvalue weighted by molar-refractivity contribution is 5.31. The molecule has 1 aromatic rings. The van der Waals surface area contributed by atoms with E-state index < -0.39 is 6.10 Å². The minimum Gasteiger partial charge on any atom is -0.497 e. The number of ether oxygens (including phenoxy) is 2. The van der Waals surface area contributed by atoms with Crippen LogP contribution in [0, 0.1) is 0 Å². The normalized spacial score (nSPS) is 12.7. The molecule has 1 atom stereocenters. The van der Waals surface area contributed by atoms with Gasteiger partial charge < -0.3 is 14.6 Å². The first kappa shape index (κ1) is 12.6. The molecule has 0 bridgehead atoms. The van der Waals surface area contributed by atoms with E-state index in [0.717, 1.165) is 11.5 Å². The Morgan fingerprint density at radius 1 is 1.25 bits per heavy atom. The smallest absolute Gasteiger partial charge is 0.119 e. The number of aliphatic hydroxyl groups is 1. The van der Waals surface area contributed by atoms with Crippen LogP contribution in [-0.4, -0.2) is 24.9 Å². The summed E-state index contributed by atoms with van der Waals surface area (Å²) < 4.78 is 10.5. The average molecular weight is 222 g/mol. The van der Waals surface area contributed by atoms with Crippen LogP contribution in [0.25, 0.3) is 0 Å². The van der Waals surface area contributed by atoms with E-state index in [2.05, 4.69) is 0 Å². The summed E-state index contributed by atoms with van der Waals surface area (Å²) in [5, 5.41) is 9.54. The maximum Gasteiger partial charge on any atom is 0.119 e. The fraction of sp³-hybridized carbons (Fsp3) is 0.385. The van der Waals surface area contributed by atoms with Crippen LogP contribution >= 0.6 is 0 Å². The Morgan fingerprint density at radius 2 is 1.88 bits per heavy atom. The zero-order chi connectivity index (χ0) is 11.8. The van der Waals surface area contributed by atoms with Crippen molar-refractivity contribution >= 4 is 0 Å². The van der Waals surface area contributed by atoms with Crippen LogP contribution < -0.4 is 9.47 Å². The van der Waals surface area contributed by atoms with Crippen molar-refractivity contribution in [3.8, 4) is 11.5 Å². The van der Waals surface area contributed by atoms with E-state index in [1.165, 1.54) is 0 Å². The fourth-order valence-electron chi connectivity index (χ4n) is 1.23. The van der Waals surface area contributed by atoms with Crippen molar-refractivity contribution in [3.63, 3.8) is 0 Å². The third-order valence-corrected chi connectivity index (χ3v) is 2.15. The van der Waals surface area contributed by atoms with Crippen molar-refractivity contribution in [2.45, 2.75) is 19.4 Å². The average Bonchev–Trinajstić information content (AvgIpc) is 2.34. The van der Waals surface area contributed by atoms with Crippen molar-refractivity contribution in [2.75, 3.05) is 13.7 Å². The van der Waals surface area contributed by atoms with Crippen molar-refractivity contribution in [1.29, 1.82) is 0 Å². The fourth-order valence-corrected chi connectivity index (χ4v) is 1.23. The highest BCUT2D eigenvalue weighted by atomic mass is 16.5. The van der Waals surface area contributed by atoms with Gasteiger partial charge in [0.15, 0.2) is 0 Å². The Kier molecular flexibility index (Phi) is 5.43. The minimum atomic E-state index is -0.460. The summed E-state index contributed by atoms with van der Waals surface area (Å²) >= 11 is 0. The van der Waals surface area contributed by atoms with E-state index in [1.807, 2.05) is 43.3 Å². The number of hydrogen-bond acceptors (Lipinski definition) is 3. The molecule has 3 nitrogen and oxygen atoms in total. The highest BCUT2D eigenvalue weighted by Gasteiger charge is 2.02. The van der Waals surface area contributed by atoms with Crippen LogP contribution in [0.2, 0.25) is 0 Å². The van der Waals surface area contributed by atoms with Crippen LogP contribution in [0.4, 0.5) is 0 Å². The molecule has 16 heavy (non-hydrogen) atoms. The number of aliphatic hydroxyl groups excluding tert-OH is 1. The van der Waals surface area contributed by atoms with Gasteiger partial charge in [-0.2, -0.15) is 0 Å². The second-order valence-electron chi connectivity index (χ2n) is 3.45. The molecule has 0 saturated heterocycles. The first-order chi connectivity index (χ1) is 7.76. The van der Waals surface area contributed by atoms with Crippen LogP contribution in [-0.2, 0) is 0 Å². The van der Waals surface area contributed by atoms with Gasteiger partial charge in [0.05, 0.1) is 13.2 Å². The second kappa shape index (κ2) is 6.90. The Balaban J connectivity index is 2.36. The minimum absolute atomic E-state index is 0.302. The molecule has 0 aliphatic rings. The Bertz CT molecular complexity index is 316. The number of methoxy groups -OCH3 is 1. The molecule has 1 aromatic carbocycles. The molecule has 3 heteroatoms. The number of benzene rings is 1. The molecule has 88 valence electrons. The molecule has 0 aliphatic carbocycles. The van der Waals surface area contributed by atoms with Gasteiger partial charge in [0.1, 0.15) is 18.1 Å². The van der Waals surface area contributed by atoms with E-state index in [4.69, 9.17) is 9.47 Å². The lowest BCUT2D eigenvalue weighted by molar-refractivity contribution is 0.110. The summed E-state index contributed by atoms with van der Waals surface area (Å²) in [6.07, 6.45) is 3.99. The summed E-state index contributed by atoms with van der Waals surface area (Å²) in [7, 11) is 1.62. The van der Waals surface area contributed by atoms with Crippen LogP contribution in [0.1, 0.15) is 13.3 Å². The van der Waals surface area contributed by atoms with Crippen LogP contribution in [0.3, 0.4) is 0 Å². The first-order valence-corrected chi connectivity index (χ1v) is 5.32. The van der Waals surface area contributed by atoms with E-state index in [0.29, 0.717) is 13.0 Å². The lowest BCUT2D eigenvalue weighted by Gasteiger charge is -2.10. The van der Waals surface area contributed by atoms with Gasteiger partial charge in [-0.1, -0.05) is 12.2 Å².